The van der Waals surface area contributed by atoms with Crippen molar-refractivity contribution in [2.45, 2.75) is 20.3 Å². The standard InChI is InChI=1S/C10H20N4/c1-9-5-10(9,2)7-14(6-9)4-3-13-8(11)12/h3-7H2,1-2H3,(H4,11,12,13). The summed E-state index contributed by atoms with van der Waals surface area (Å²) < 4.78 is 0. The van der Waals surface area contributed by atoms with Crippen LogP contribution in [0.25, 0.3) is 0 Å². The maximum atomic E-state index is 5.27. The van der Waals surface area contributed by atoms with Crippen LogP contribution in [0.4, 0.5) is 0 Å². The molecule has 0 aromatic carbocycles. The number of rotatable bonds is 3. The highest BCUT2D eigenvalue weighted by Crippen LogP contribution is 2.67. The van der Waals surface area contributed by atoms with E-state index in [-0.39, 0.29) is 5.96 Å². The van der Waals surface area contributed by atoms with Crippen LogP contribution in [0, 0.1) is 10.8 Å². The molecule has 0 aromatic heterocycles. The van der Waals surface area contributed by atoms with Crippen LogP contribution in [0.2, 0.25) is 0 Å². The zero-order chi connectivity index (χ0) is 10.4. The third-order valence-corrected chi connectivity index (χ3v) is 3.97. The van der Waals surface area contributed by atoms with Gasteiger partial charge in [-0.2, -0.15) is 0 Å². The van der Waals surface area contributed by atoms with Crippen molar-refractivity contribution >= 4 is 5.96 Å². The molecule has 2 aliphatic rings. The lowest BCUT2D eigenvalue weighted by molar-refractivity contribution is 0.285. The van der Waals surface area contributed by atoms with Crippen LogP contribution in [0.15, 0.2) is 4.99 Å². The molecule has 1 saturated heterocycles. The fraction of sp³-hybridized carbons (Fsp3) is 0.900. The van der Waals surface area contributed by atoms with E-state index in [1.54, 1.807) is 0 Å². The van der Waals surface area contributed by atoms with Crippen molar-refractivity contribution in [1.29, 1.82) is 0 Å². The van der Waals surface area contributed by atoms with Crippen molar-refractivity contribution in [2.75, 3.05) is 26.2 Å². The minimum Gasteiger partial charge on any atom is -0.370 e. The van der Waals surface area contributed by atoms with Gasteiger partial charge in [0.15, 0.2) is 5.96 Å². The van der Waals surface area contributed by atoms with Crippen LogP contribution in [-0.4, -0.2) is 37.0 Å². The zero-order valence-electron chi connectivity index (χ0n) is 9.08. The first kappa shape index (κ1) is 9.77. The summed E-state index contributed by atoms with van der Waals surface area (Å²) in [6.45, 7) is 8.91. The lowest BCUT2D eigenvalue weighted by Gasteiger charge is -2.18. The molecule has 1 heterocycles. The Bertz CT molecular complexity index is 255. The Kier molecular flexibility index (Phi) is 2.00. The monoisotopic (exact) mass is 196 g/mol. The average Bonchev–Trinajstić information content (AvgIpc) is 2.41. The maximum Gasteiger partial charge on any atom is 0.185 e. The number of likely N-dealkylation sites (tertiary alicyclic amines) is 1. The molecular weight excluding hydrogens is 176 g/mol. The van der Waals surface area contributed by atoms with Gasteiger partial charge in [-0.15, -0.1) is 0 Å². The molecule has 1 aliphatic carbocycles. The van der Waals surface area contributed by atoms with E-state index in [9.17, 15) is 0 Å². The highest BCUT2D eigenvalue weighted by Gasteiger charge is 2.65. The summed E-state index contributed by atoms with van der Waals surface area (Å²) in [6.07, 6.45) is 1.39. The number of nitrogens with zero attached hydrogens (tertiary/aromatic N) is 2. The molecule has 0 amide bonds. The van der Waals surface area contributed by atoms with E-state index in [4.69, 9.17) is 11.5 Å². The van der Waals surface area contributed by atoms with Gasteiger partial charge >= 0.3 is 0 Å². The second kappa shape index (κ2) is 2.86. The Balaban J connectivity index is 1.79. The third kappa shape index (κ3) is 1.47. The van der Waals surface area contributed by atoms with Gasteiger partial charge in [-0.1, -0.05) is 13.8 Å². The number of fused-ring (bicyclic) bond motifs is 1. The number of hydrogen-bond donors (Lipinski definition) is 2. The van der Waals surface area contributed by atoms with E-state index in [1.807, 2.05) is 0 Å². The van der Waals surface area contributed by atoms with Gasteiger partial charge in [0, 0.05) is 19.6 Å². The fourth-order valence-corrected chi connectivity index (χ4v) is 2.83. The van der Waals surface area contributed by atoms with Crippen LogP contribution < -0.4 is 11.5 Å². The van der Waals surface area contributed by atoms with E-state index in [0.29, 0.717) is 10.8 Å². The predicted molar refractivity (Wildman–Crippen MR) is 57.9 cm³/mol. The van der Waals surface area contributed by atoms with Gasteiger partial charge in [-0.3, -0.25) is 4.99 Å². The van der Waals surface area contributed by atoms with Gasteiger partial charge in [-0.05, 0) is 17.3 Å². The molecule has 4 heteroatoms. The fourth-order valence-electron chi connectivity index (χ4n) is 2.83. The van der Waals surface area contributed by atoms with Crippen LogP contribution in [-0.2, 0) is 0 Å². The maximum absolute atomic E-state index is 5.27. The Morgan fingerprint density at radius 3 is 2.36 bits per heavy atom. The Morgan fingerprint density at radius 1 is 1.29 bits per heavy atom. The summed E-state index contributed by atoms with van der Waals surface area (Å²) in [5.74, 6) is 0.201. The van der Waals surface area contributed by atoms with Crippen molar-refractivity contribution in [3.63, 3.8) is 0 Å². The lowest BCUT2D eigenvalue weighted by atomic mass is 10.0. The molecule has 0 aromatic rings. The van der Waals surface area contributed by atoms with E-state index in [1.165, 1.54) is 19.5 Å². The summed E-state index contributed by atoms with van der Waals surface area (Å²) in [5, 5.41) is 0. The van der Waals surface area contributed by atoms with Gasteiger partial charge in [-0.25, -0.2) is 0 Å². The number of hydrogen-bond acceptors (Lipinski definition) is 2. The topological polar surface area (TPSA) is 67.6 Å². The van der Waals surface area contributed by atoms with Crippen molar-refractivity contribution in [2.24, 2.45) is 27.3 Å². The summed E-state index contributed by atoms with van der Waals surface area (Å²) in [7, 11) is 0. The predicted octanol–water partition coefficient (Wildman–Crippen LogP) is -0.00830. The molecular formula is C10H20N4. The highest BCUT2D eigenvalue weighted by molar-refractivity contribution is 5.75. The molecule has 2 rings (SSSR count). The first-order valence-electron chi connectivity index (χ1n) is 5.23. The van der Waals surface area contributed by atoms with E-state index >= 15 is 0 Å². The highest BCUT2D eigenvalue weighted by atomic mass is 15.2. The van der Waals surface area contributed by atoms with Gasteiger partial charge in [0.05, 0.1) is 6.54 Å². The third-order valence-electron chi connectivity index (χ3n) is 3.97. The first-order chi connectivity index (χ1) is 6.45. The van der Waals surface area contributed by atoms with E-state index in [2.05, 4.69) is 23.7 Å². The summed E-state index contributed by atoms with van der Waals surface area (Å²) in [6, 6.07) is 0. The van der Waals surface area contributed by atoms with Gasteiger partial charge in [0.1, 0.15) is 0 Å². The normalized spacial score (nSPS) is 40.7. The minimum atomic E-state index is 0.201. The van der Waals surface area contributed by atoms with Crippen molar-refractivity contribution in [3.8, 4) is 0 Å². The largest absolute Gasteiger partial charge is 0.370 e. The van der Waals surface area contributed by atoms with E-state index in [0.717, 1.165) is 13.1 Å². The molecule has 1 saturated carbocycles. The van der Waals surface area contributed by atoms with Crippen molar-refractivity contribution in [1.82, 2.24) is 4.90 Å². The summed E-state index contributed by atoms with van der Waals surface area (Å²) in [4.78, 5) is 6.47. The van der Waals surface area contributed by atoms with Crippen molar-refractivity contribution in [3.05, 3.63) is 0 Å². The molecule has 4 nitrogen and oxygen atoms in total. The number of guanidine groups is 1. The molecule has 1 aliphatic heterocycles. The first-order valence-corrected chi connectivity index (χ1v) is 5.23. The Hall–Kier alpha value is -0.770. The van der Waals surface area contributed by atoms with Crippen LogP contribution in [0.5, 0.6) is 0 Å². The molecule has 2 unspecified atom stereocenters. The second-order valence-corrected chi connectivity index (χ2v) is 5.32. The molecule has 4 N–H and O–H groups in total. The molecule has 2 fully saturated rings. The Morgan fingerprint density at radius 2 is 1.86 bits per heavy atom. The average molecular weight is 196 g/mol. The smallest absolute Gasteiger partial charge is 0.185 e. The molecule has 0 radical (unpaired) electrons. The SMILES string of the molecule is CC12CN(CCN=C(N)N)CC1(C)C2. The molecule has 14 heavy (non-hydrogen) atoms. The van der Waals surface area contributed by atoms with Crippen LogP contribution in [0.3, 0.4) is 0 Å². The summed E-state index contributed by atoms with van der Waals surface area (Å²) >= 11 is 0. The van der Waals surface area contributed by atoms with Crippen LogP contribution >= 0.6 is 0 Å². The molecule has 0 bridgehead atoms. The van der Waals surface area contributed by atoms with Gasteiger partial charge in [0.2, 0.25) is 0 Å². The van der Waals surface area contributed by atoms with Crippen LogP contribution in [0.1, 0.15) is 20.3 Å². The minimum absolute atomic E-state index is 0.201. The van der Waals surface area contributed by atoms with Gasteiger partial charge in [0.25, 0.3) is 0 Å². The van der Waals surface area contributed by atoms with Gasteiger partial charge < -0.3 is 16.4 Å². The second-order valence-electron chi connectivity index (χ2n) is 5.32. The molecule has 2 atom stereocenters. The Labute approximate surface area is 85.3 Å². The quantitative estimate of drug-likeness (QED) is 0.493. The lowest BCUT2D eigenvalue weighted by Crippen LogP contribution is -2.30. The zero-order valence-corrected chi connectivity index (χ0v) is 9.08. The summed E-state index contributed by atoms with van der Waals surface area (Å²) in [5.41, 5.74) is 11.7. The van der Waals surface area contributed by atoms with E-state index < -0.39 is 0 Å². The number of piperidine rings is 1. The molecule has 0 spiro atoms. The van der Waals surface area contributed by atoms with Crippen molar-refractivity contribution < 1.29 is 0 Å². The number of aliphatic imine (C=N–C) groups is 1. The number of nitrogens with two attached hydrogens (primary N) is 2. The molecule has 80 valence electrons.